The van der Waals surface area contributed by atoms with Crippen LogP contribution in [0, 0.1) is 12.0 Å². The first-order valence-corrected chi connectivity index (χ1v) is 3.74. The molecule has 0 amide bonds. The number of benzene rings is 1. The van der Waals surface area contributed by atoms with Crippen molar-refractivity contribution in [2.24, 2.45) is 5.92 Å². The van der Waals surface area contributed by atoms with E-state index in [-0.39, 0.29) is 0 Å². The molecular formula is C10H13. The summed E-state index contributed by atoms with van der Waals surface area (Å²) in [6.45, 7) is 4.45. The highest BCUT2D eigenvalue weighted by atomic mass is 14.0. The second-order valence-corrected chi connectivity index (χ2v) is 2.99. The smallest absolute Gasteiger partial charge is 0.0149 e. The monoisotopic (exact) mass is 133 g/mol. The van der Waals surface area contributed by atoms with E-state index in [0.717, 1.165) is 12.3 Å². The normalized spacial score (nSPS) is 10.3. The second-order valence-electron chi connectivity index (χ2n) is 2.99. The lowest BCUT2D eigenvalue weighted by atomic mass is 10.0. The number of rotatable bonds is 2. The Labute approximate surface area is 62.9 Å². The largest absolute Gasteiger partial charge is 0.0625 e. The molecule has 0 heterocycles. The van der Waals surface area contributed by atoms with Crippen molar-refractivity contribution in [1.29, 1.82) is 0 Å². The van der Waals surface area contributed by atoms with Crippen LogP contribution in [-0.2, 0) is 6.42 Å². The molecule has 0 fully saturated rings. The third kappa shape index (κ3) is 2.22. The summed E-state index contributed by atoms with van der Waals surface area (Å²) in [5.41, 5.74) is 1.32. The summed E-state index contributed by atoms with van der Waals surface area (Å²) in [7, 11) is 0. The Balaban J connectivity index is 2.59. The van der Waals surface area contributed by atoms with Crippen molar-refractivity contribution in [2.75, 3.05) is 0 Å². The molecule has 0 aliphatic heterocycles. The predicted molar refractivity (Wildman–Crippen MR) is 43.8 cm³/mol. The van der Waals surface area contributed by atoms with Crippen molar-refractivity contribution in [3.05, 3.63) is 35.9 Å². The van der Waals surface area contributed by atoms with Crippen LogP contribution in [0.5, 0.6) is 0 Å². The molecule has 0 aliphatic carbocycles. The second kappa shape index (κ2) is 3.40. The van der Waals surface area contributed by atoms with Gasteiger partial charge in [-0.15, -0.1) is 0 Å². The maximum atomic E-state index is 3.20. The van der Waals surface area contributed by atoms with Gasteiger partial charge in [-0.25, -0.2) is 0 Å². The van der Waals surface area contributed by atoms with E-state index >= 15 is 0 Å². The molecule has 0 unspecified atom stereocenters. The minimum absolute atomic E-state index is 0.735. The van der Waals surface area contributed by atoms with Gasteiger partial charge in [0.2, 0.25) is 0 Å². The lowest BCUT2D eigenvalue weighted by Crippen LogP contribution is -1.92. The van der Waals surface area contributed by atoms with Crippen LogP contribution < -0.4 is 0 Å². The molecule has 10 heavy (non-hydrogen) atoms. The van der Waals surface area contributed by atoms with E-state index in [0.29, 0.717) is 0 Å². The molecule has 0 N–H and O–H groups in total. The fourth-order valence-electron chi connectivity index (χ4n) is 0.997. The molecule has 0 spiro atoms. The van der Waals surface area contributed by atoms with Gasteiger partial charge in [-0.1, -0.05) is 38.1 Å². The lowest BCUT2D eigenvalue weighted by molar-refractivity contribution is 0.647. The van der Waals surface area contributed by atoms with Crippen molar-refractivity contribution in [3.63, 3.8) is 0 Å². The minimum atomic E-state index is 0.735. The average Bonchev–Trinajstić information content (AvgIpc) is 1.88. The summed E-state index contributed by atoms with van der Waals surface area (Å²) >= 11 is 0. The van der Waals surface area contributed by atoms with E-state index in [9.17, 15) is 0 Å². The van der Waals surface area contributed by atoms with E-state index in [1.165, 1.54) is 5.56 Å². The predicted octanol–water partition coefficient (Wildman–Crippen LogP) is 2.69. The standard InChI is InChI=1S/C10H13/c1-9(2)8-10-6-4-3-5-7-10/h3-6,9H,8H2,1-2H3. The van der Waals surface area contributed by atoms with Gasteiger partial charge < -0.3 is 0 Å². The van der Waals surface area contributed by atoms with E-state index < -0.39 is 0 Å². The first-order valence-electron chi connectivity index (χ1n) is 3.74. The van der Waals surface area contributed by atoms with E-state index in [2.05, 4.69) is 32.0 Å². The molecule has 1 rings (SSSR count). The minimum Gasteiger partial charge on any atom is -0.0625 e. The van der Waals surface area contributed by atoms with Gasteiger partial charge in [-0.3, -0.25) is 0 Å². The third-order valence-electron chi connectivity index (χ3n) is 1.40. The van der Waals surface area contributed by atoms with Crippen molar-refractivity contribution < 1.29 is 0 Å². The molecule has 0 aliphatic rings. The fourth-order valence-corrected chi connectivity index (χ4v) is 0.997. The molecule has 0 saturated heterocycles. The highest BCUT2D eigenvalue weighted by Gasteiger charge is 1.94. The molecule has 1 aromatic carbocycles. The van der Waals surface area contributed by atoms with Crippen LogP contribution >= 0.6 is 0 Å². The van der Waals surface area contributed by atoms with Crippen LogP contribution in [-0.4, -0.2) is 0 Å². The molecule has 1 radical (unpaired) electrons. The molecule has 0 heteroatoms. The van der Waals surface area contributed by atoms with Crippen molar-refractivity contribution in [3.8, 4) is 0 Å². The molecule has 0 aromatic heterocycles. The van der Waals surface area contributed by atoms with Crippen molar-refractivity contribution in [1.82, 2.24) is 0 Å². The Morgan fingerprint density at radius 2 is 2.20 bits per heavy atom. The molecule has 1 aromatic rings. The Hall–Kier alpha value is -0.780. The molecule has 0 atom stereocenters. The van der Waals surface area contributed by atoms with Gasteiger partial charge in [0.05, 0.1) is 0 Å². The van der Waals surface area contributed by atoms with Crippen molar-refractivity contribution >= 4 is 0 Å². The number of hydrogen-bond acceptors (Lipinski definition) is 0. The van der Waals surface area contributed by atoms with Gasteiger partial charge in [0.1, 0.15) is 0 Å². The van der Waals surface area contributed by atoms with Crippen LogP contribution in [0.3, 0.4) is 0 Å². The Kier molecular flexibility index (Phi) is 2.49. The van der Waals surface area contributed by atoms with Gasteiger partial charge in [0, 0.05) is 0 Å². The van der Waals surface area contributed by atoms with Gasteiger partial charge in [-0.2, -0.15) is 0 Å². The van der Waals surface area contributed by atoms with Crippen LogP contribution in [0.2, 0.25) is 0 Å². The summed E-state index contributed by atoms with van der Waals surface area (Å²) < 4.78 is 0. The molecule has 53 valence electrons. The first kappa shape index (κ1) is 7.33. The summed E-state index contributed by atoms with van der Waals surface area (Å²) in [5, 5.41) is 0. The van der Waals surface area contributed by atoms with Gasteiger partial charge in [-0.05, 0) is 24.0 Å². The highest BCUT2D eigenvalue weighted by molar-refractivity contribution is 5.13. The zero-order valence-electron chi connectivity index (χ0n) is 6.59. The molecule has 0 saturated carbocycles. The SMILES string of the molecule is CC(C)Cc1[c]cccc1. The van der Waals surface area contributed by atoms with Gasteiger partial charge >= 0.3 is 0 Å². The first-order chi connectivity index (χ1) is 4.79. The molecular weight excluding hydrogens is 120 g/mol. The van der Waals surface area contributed by atoms with E-state index in [4.69, 9.17) is 0 Å². The maximum absolute atomic E-state index is 3.20. The Bertz CT molecular complexity index is 174. The topological polar surface area (TPSA) is 0 Å². The lowest BCUT2D eigenvalue weighted by Gasteiger charge is -2.02. The van der Waals surface area contributed by atoms with Crippen LogP contribution in [0.4, 0.5) is 0 Å². The molecule has 0 bridgehead atoms. The van der Waals surface area contributed by atoms with Gasteiger partial charge in [0.15, 0.2) is 0 Å². The summed E-state index contributed by atoms with van der Waals surface area (Å²) in [6, 6.07) is 11.4. The van der Waals surface area contributed by atoms with E-state index in [1.807, 2.05) is 12.1 Å². The Morgan fingerprint density at radius 3 is 2.70 bits per heavy atom. The maximum Gasteiger partial charge on any atom is -0.0149 e. The fraction of sp³-hybridized carbons (Fsp3) is 0.400. The van der Waals surface area contributed by atoms with Crippen LogP contribution in [0.1, 0.15) is 19.4 Å². The highest BCUT2D eigenvalue weighted by Crippen LogP contribution is 2.05. The third-order valence-corrected chi connectivity index (χ3v) is 1.40. The van der Waals surface area contributed by atoms with Crippen LogP contribution in [0.25, 0.3) is 0 Å². The zero-order valence-corrected chi connectivity index (χ0v) is 6.59. The number of hydrogen-bond donors (Lipinski definition) is 0. The zero-order chi connectivity index (χ0) is 7.40. The Morgan fingerprint density at radius 1 is 1.40 bits per heavy atom. The van der Waals surface area contributed by atoms with Gasteiger partial charge in [0.25, 0.3) is 0 Å². The molecule has 0 nitrogen and oxygen atoms in total. The quantitative estimate of drug-likeness (QED) is 0.582. The van der Waals surface area contributed by atoms with Crippen molar-refractivity contribution in [2.45, 2.75) is 20.3 Å². The average molecular weight is 133 g/mol. The summed E-state index contributed by atoms with van der Waals surface area (Å²) in [6.07, 6.45) is 1.14. The summed E-state index contributed by atoms with van der Waals surface area (Å²) in [5.74, 6) is 0.735. The van der Waals surface area contributed by atoms with E-state index in [1.54, 1.807) is 0 Å². The van der Waals surface area contributed by atoms with Crippen LogP contribution in [0.15, 0.2) is 24.3 Å². The summed E-state index contributed by atoms with van der Waals surface area (Å²) in [4.78, 5) is 0.